The van der Waals surface area contributed by atoms with E-state index in [1.165, 1.54) is 19.2 Å². The molecule has 4 rings (SSSR count). The highest BCUT2D eigenvalue weighted by molar-refractivity contribution is 7.88. The maximum atomic E-state index is 13.1. The third-order valence-electron chi connectivity index (χ3n) is 5.94. The fourth-order valence-corrected chi connectivity index (χ4v) is 4.50. The number of halogens is 3. The van der Waals surface area contributed by atoms with Gasteiger partial charge in [0.1, 0.15) is 11.5 Å². The van der Waals surface area contributed by atoms with Gasteiger partial charge in [0.2, 0.25) is 0 Å². The molecular weight excluding hydrogens is 461 g/mol. The van der Waals surface area contributed by atoms with E-state index in [2.05, 4.69) is 14.8 Å². The first-order chi connectivity index (χ1) is 15.5. The number of carbonyl (C=O) groups excluding carboxylic acids is 1. The first kappa shape index (κ1) is 23.2. The lowest BCUT2D eigenvalue weighted by atomic mass is 9.91. The SMILES string of the molecule is COc1ccc(C)c(C(=O)NC2(c3cc(OS(=O)(=O)C(F)(F)F)cc4c3CCCN4)CC2)c1. The summed E-state index contributed by atoms with van der Waals surface area (Å²) in [5.74, 6) is -0.283. The van der Waals surface area contributed by atoms with Crippen LogP contribution in [-0.4, -0.2) is 33.5 Å². The van der Waals surface area contributed by atoms with Crippen molar-refractivity contribution >= 4 is 21.7 Å². The topological polar surface area (TPSA) is 93.7 Å². The molecule has 178 valence electrons. The molecule has 0 unspecified atom stereocenters. The van der Waals surface area contributed by atoms with E-state index in [1.54, 1.807) is 25.1 Å². The number of hydrogen-bond donors (Lipinski definition) is 2. The van der Waals surface area contributed by atoms with Crippen molar-refractivity contribution in [1.82, 2.24) is 5.32 Å². The van der Waals surface area contributed by atoms with Gasteiger partial charge in [-0.25, -0.2) is 0 Å². The summed E-state index contributed by atoms with van der Waals surface area (Å²) in [6.45, 7) is 2.38. The van der Waals surface area contributed by atoms with Crippen LogP contribution in [0.2, 0.25) is 0 Å². The van der Waals surface area contributed by atoms with E-state index in [0.717, 1.165) is 17.5 Å². The zero-order valence-corrected chi connectivity index (χ0v) is 18.8. The van der Waals surface area contributed by atoms with Crippen LogP contribution in [-0.2, 0) is 22.1 Å². The highest BCUT2D eigenvalue weighted by Gasteiger charge is 2.50. The molecule has 1 amide bonds. The first-order valence-electron chi connectivity index (χ1n) is 10.3. The van der Waals surface area contributed by atoms with Gasteiger partial charge in [-0.05, 0) is 67.5 Å². The average molecular weight is 484 g/mol. The van der Waals surface area contributed by atoms with Crippen LogP contribution in [0, 0.1) is 6.92 Å². The minimum Gasteiger partial charge on any atom is -0.497 e. The van der Waals surface area contributed by atoms with Crippen molar-refractivity contribution in [2.75, 3.05) is 19.0 Å². The van der Waals surface area contributed by atoms with Crippen LogP contribution in [0.4, 0.5) is 18.9 Å². The number of nitrogens with one attached hydrogen (secondary N) is 2. The van der Waals surface area contributed by atoms with Gasteiger partial charge in [-0.2, -0.15) is 21.6 Å². The molecule has 1 aliphatic heterocycles. The van der Waals surface area contributed by atoms with Crippen LogP contribution >= 0.6 is 0 Å². The number of ether oxygens (including phenoxy) is 1. The Kier molecular flexibility index (Phi) is 5.71. The van der Waals surface area contributed by atoms with Crippen LogP contribution < -0.4 is 19.6 Å². The smallest absolute Gasteiger partial charge is 0.497 e. The zero-order chi connectivity index (χ0) is 24.0. The molecule has 2 aliphatic rings. The summed E-state index contributed by atoms with van der Waals surface area (Å²) >= 11 is 0. The normalized spacial score (nSPS) is 16.9. The highest BCUT2D eigenvalue weighted by atomic mass is 32.2. The third-order valence-corrected chi connectivity index (χ3v) is 6.92. The van der Waals surface area contributed by atoms with Crippen LogP contribution in [0.25, 0.3) is 0 Å². The van der Waals surface area contributed by atoms with Gasteiger partial charge in [0.15, 0.2) is 0 Å². The predicted molar refractivity (Wildman–Crippen MR) is 115 cm³/mol. The standard InChI is InChI=1S/C22H23F3N2O5S/c1-13-5-6-14(31-2)10-17(13)20(28)27-21(7-8-21)18-11-15(32-33(29,30)22(23,24)25)12-19-16(18)4-3-9-26-19/h5-6,10-12,26H,3-4,7-9H2,1-2H3,(H,27,28). The van der Waals surface area contributed by atoms with Gasteiger partial charge in [0.05, 0.1) is 12.6 Å². The van der Waals surface area contributed by atoms with Crippen LogP contribution in [0.5, 0.6) is 11.5 Å². The number of anilines is 1. The van der Waals surface area contributed by atoms with E-state index in [-0.39, 0.29) is 5.91 Å². The number of fused-ring (bicyclic) bond motifs is 1. The van der Waals surface area contributed by atoms with Gasteiger partial charge in [-0.1, -0.05) is 6.07 Å². The summed E-state index contributed by atoms with van der Waals surface area (Å²) in [6, 6.07) is 7.66. The van der Waals surface area contributed by atoms with Crippen molar-refractivity contribution in [2.45, 2.75) is 43.7 Å². The quantitative estimate of drug-likeness (QED) is 0.476. The molecule has 1 fully saturated rings. The van der Waals surface area contributed by atoms with E-state index >= 15 is 0 Å². The number of amides is 1. The van der Waals surface area contributed by atoms with Gasteiger partial charge in [-0.3, -0.25) is 4.79 Å². The molecule has 33 heavy (non-hydrogen) atoms. The summed E-state index contributed by atoms with van der Waals surface area (Å²) in [4.78, 5) is 13.1. The van der Waals surface area contributed by atoms with Crippen LogP contribution in [0.3, 0.4) is 0 Å². The van der Waals surface area contributed by atoms with Gasteiger partial charge in [-0.15, -0.1) is 0 Å². The van der Waals surface area contributed by atoms with Gasteiger partial charge in [0.25, 0.3) is 5.91 Å². The second kappa shape index (κ2) is 8.12. The zero-order valence-electron chi connectivity index (χ0n) is 18.0. The lowest BCUT2D eigenvalue weighted by Crippen LogP contribution is -2.36. The molecule has 0 bridgehead atoms. The van der Waals surface area contributed by atoms with Crippen LogP contribution in [0.15, 0.2) is 30.3 Å². The fraction of sp³-hybridized carbons (Fsp3) is 0.409. The molecule has 11 heteroatoms. The Labute approximate surface area is 189 Å². The molecule has 0 radical (unpaired) electrons. The highest BCUT2D eigenvalue weighted by Crippen LogP contribution is 2.50. The minimum atomic E-state index is -5.83. The summed E-state index contributed by atoms with van der Waals surface area (Å²) < 4.78 is 71.4. The van der Waals surface area contributed by atoms with Crippen molar-refractivity contribution in [1.29, 1.82) is 0 Å². The molecule has 0 saturated heterocycles. The monoisotopic (exact) mass is 484 g/mol. The molecule has 2 aromatic rings. The Morgan fingerprint density at radius 1 is 1.15 bits per heavy atom. The lowest BCUT2D eigenvalue weighted by molar-refractivity contribution is -0.0500. The van der Waals surface area contributed by atoms with E-state index in [9.17, 15) is 26.4 Å². The Bertz CT molecular complexity index is 1210. The van der Waals surface area contributed by atoms with E-state index < -0.39 is 26.9 Å². The molecule has 1 heterocycles. The molecule has 0 spiro atoms. The van der Waals surface area contributed by atoms with Gasteiger partial charge >= 0.3 is 15.6 Å². The predicted octanol–water partition coefficient (Wildman–Crippen LogP) is 4.01. The molecule has 1 aliphatic carbocycles. The third kappa shape index (κ3) is 4.46. The molecule has 0 atom stereocenters. The number of methoxy groups -OCH3 is 1. The molecule has 7 nitrogen and oxygen atoms in total. The molecule has 1 saturated carbocycles. The average Bonchev–Trinajstić information content (AvgIpc) is 3.52. The van der Waals surface area contributed by atoms with Gasteiger partial charge in [0, 0.05) is 23.9 Å². The maximum absolute atomic E-state index is 13.1. The van der Waals surface area contributed by atoms with E-state index in [0.29, 0.717) is 48.4 Å². The summed E-state index contributed by atoms with van der Waals surface area (Å²) in [7, 11) is -4.33. The number of benzene rings is 2. The largest absolute Gasteiger partial charge is 0.534 e. The van der Waals surface area contributed by atoms with Crippen molar-refractivity contribution < 1.29 is 35.3 Å². The van der Waals surface area contributed by atoms with E-state index in [1.807, 2.05) is 0 Å². The second-order valence-electron chi connectivity index (χ2n) is 8.23. The Morgan fingerprint density at radius 2 is 1.88 bits per heavy atom. The Balaban J connectivity index is 1.71. The van der Waals surface area contributed by atoms with Crippen LogP contribution in [0.1, 0.15) is 46.3 Å². The number of aryl methyl sites for hydroxylation is 1. The van der Waals surface area contributed by atoms with Crippen molar-refractivity contribution in [3.05, 3.63) is 52.6 Å². The molecule has 0 aromatic heterocycles. The Hall–Kier alpha value is -2.95. The molecule has 2 aromatic carbocycles. The summed E-state index contributed by atoms with van der Waals surface area (Å²) in [5, 5.41) is 6.10. The maximum Gasteiger partial charge on any atom is 0.534 e. The first-order valence-corrected chi connectivity index (χ1v) is 11.8. The van der Waals surface area contributed by atoms with Crippen molar-refractivity contribution in [2.24, 2.45) is 0 Å². The van der Waals surface area contributed by atoms with E-state index in [4.69, 9.17) is 4.74 Å². The fourth-order valence-electron chi connectivity index (χ4n) is 4.05. The number of alkyl halides is 3. The van der Waals surface area contributed by atoms with Gasteiger partial charge < -0.3 is 19.6 Å². The number of carbonyl (C=O) groups is 1. The van der Waals surface area contributed by atoms with Crippen molar-refractivity contribution in [3.63, 3.8) is 0 Å². The van der Waals surface area contributed by atoms with Crippen molar-refractivity contribution in [3.8, 4) is 11.5 Å². The molecular formula is C22H23F3N2O5S. The summed E-state index contributed by atoms with van der Waals surface area (Å²) in [5.41, 5.74) is -3.32. The Morgan fingerprint density at radius 3 is 2.52 bits per heavy atom. The summed E-state index contributed by atoms with van der Waals surface area (Å²) in [6.07, 6.45) is 2.55. The minimum absolute atomic E-state index is 0.351. The molecule has 2 N–H and O–H groups in total. The second-order valence-corrected chi connectivity index (χ2v) is 9.77. The number of hydrogen-bond acceptors (Lipinski definition) is 6. The lowest BCUT2D eigenvalue weighted by Gasteiger charge is -2.28. The number of rotatable bonds is 6.